The van der Waals surface area contributed by atoms with E-state index in [0.717, 1.165) is 33.4 Å². The average Bonchev–Trinajstić information content (AvgIpc) is 3.30. The molecule has 0 heterocycles. The number of aryl methyl sites for hydroxylation is 6. The van der Waals surface area contributed by atoms with Crippen LogP contribution in [0.1, 0.15) is 33.4 Å². The van der Waals surface area contributed by atoms with Crippen molar-refractivity contribution in [2.75, 3.05) is 64.0 Å². The van der Waals surface area contributed by atoms with Crippen molar-refractivity contribution in [3.05, 3.63) is 124 Å². The Morgan fingerprint density at radius 1 is 0.266 bits per heavy atom. The first-order chi connectivity index (χ1) is 31.0. The molecule has 6 aromatic rings. The molecule has 0 radical (unpaired) electrons. The van der Waals surface area contributed by atoms with Gasteiger partial charge in [0, 0.05) is 18.2 Å². The van der Waals surface area contributed by atoms with E-state index in [4.69, 9.17) is 52.1 Å². The third-order valence-electron chi connectivity index (χ3n) is 10.6. The third kappa shape index (κ3) is 11.4. The Morgan fingerprint density at radius 2 is 0.484 bits per heavy atom. The van der Waals surface area contributed by atoms with E-state index >= 15 is 0 Å². The van der Waals surface area contributed by atoms with Crippen LogP contribution in [0, 0.1) is 0 Å². The fraction of sp³-hybridized carbons (Fsp3) is 0.294. The van der Waals surface area contributed by atoms with E-state index in [-0.39, 0.29) is 11.5 Å². The molecule has 0 aliphatic carbocycles. The number of phenols is 2. The Kier molecular flexibility index (Phi) is 15.7. The molecule has 0 fully saturated rings. The van der Waals surface area contributed by atoms with Gasteiger partial charge in [-0.2, -0.15) is 0 Å². The summed E-state index contributed by atoms with van der Waals surface area (Å²) in [6.45, 7) is 0. The molecule has 6 aromatic carbocycles. The van der Waals surface area contributed by atoms with Gasteiger partial charge in [0.05, 0.1) is 64.0 Å². The minimum Gasteiger partial charge on any atom is -0.508 e. The van der Waals surface area contributed by atoms with Gasteiger partial charge in [0.25, 0.3) is 0 Å². The molecule has 0 bridgehead atoms. The monoisotopic (exact) mass is 876 g/mol. The molecule has 0 atom stereocenters. The van der Waals surface area contributed by atoms with Crippen molar-refractivity contribution in [2.24, 2.45) is 0 Å². The van der Waals surface area contributed by atoms with Crippen molar-refractivity contribution in [2.45, 2.75) is 38.5 Å². The number of hydrogen-bond acceptors (Lipinski definition) is 13. The average molecular weight is 877 g/mol. The first-order valence-electron chi connectivity index (χ1n) is 20.6. The quantitative estimate of drug-likeness (QED) is 0.0669. The van der Waals surface area contributed by atoms with Gasteiger partial charge in [0.15, 0.2) is 34.5 Å². The highest BCUT2D eigenvalue weighted by atomic mass is 16.5. The molecule has 64 heavy (non-hydrogen) atoms. The summed E-state index contributed by atoms with van der Waals surface area (Å²) >= 11 is 0. The molecule has 0 amide bonds. The van der Waals surface area contributed by atoms with Crippen LogP contribution in [0.15, 0.2) is 91.0 Å². The minimum atomic E-state index is 0.0613. The molecule has 0 aliphatic rings. The predicted octanol–water partition coefficient (Wildman–Crippen LogP) is 10.1. The van der Waals surface area contributed by atoms with Gasteiger partial charge in [-0.15, -0.1) is 0 Å². The van der Waals surface area contributed by atoms with Crippen molar-refractivity contribution in [1.29, 1.82) is 0 Å². The van der Waals surface area contributed by atoms with Crippen LogP contribution in [-0.4, -0.2) is 74.2 Å². The number of benzene rings is 6. The summed E-state index contributed by atoms with van der Waals surface area (Å²) in [5.74, 6) is 6.94. The molecule has 13 nitrogen and oxygen atoms in total. The normalized spacial score (nSPS) is 10.8. The van der Waals surface area contributed by atoms with Gasteiger partial charge in [-0.1, -0.05) is 0 Å². The molecule has 13 heteroatoms. The summed E-state index contributed by atoms with van der Waals surface area (Å²) in [5, 5.41) is 21.7. The number of hydrogen-bond donors (Lipinski definition) is 2. The van der Waals surface area contributed by atoms with Crippen molar-refractivity contribution in [3.8, 4) is 86.2 Å². The zero-order valence-electron chi connectivity index (χ0n) is 37.8. The summed E-state index contributed by atoms with van der Waals surface area (Å²) in [6.07, 6.45) is 3.64. The Morgan fingerprint density at radius 3 is 0.719 bits per heavy atom. The zero-order valence-corrected chi connectivity index (χ0v) is 37.8. The van der Waals surface area contributed by atoms with Crippen LogP contribution < -0.4 is 52.1 Å². The van der Waals surface area contributed by atoms with Crippen LogP contribution in [-0.2, 0) is 38.5 Å². The second kappa shape index (κ2) is 21.7. The van der Waals surface area contributed by atoms with Gasteiger partial charge in [-0.05, 0) is 145 Å². The highest BCUT2D eigenvalue weighted by Crippen LogP contribution is 2.42. The Labute approximate surface area is 374 Å². The zero-order chi connectivity index (χ0) is 45.8. The second-order valence-electron chi connectivity index (χ2n) is 14.8. The maximum absolute atomic E-state index is 10.9. The van der Waals surface area contributed by atoms with Gasteiger partial charge in [-0.25, -0.2) is 0 Å². The lowest BCUT2D eigenvalue weighted by atomic mass is 10.0. The molecule has 338 valence electrons. The molecule has 0 aliphatic heterocycles. The highest BCUT2D eigenvalue weighted by molar-refractivity contribution is 5.56. The molecule has 0 saturated carbocycles. The maximum Gasteiger partial charge on any atom is 0.203 e. The number of aromatic hydroxyl groups is 2. The van der Waals surface area contributed by atoms with Crippen LogP contribution in [0.25, 0.3) is 0 Å². The van der Waals surface area contributed by atoms with Gasteiger partial charge in [0.1, 0.15) is 34.5 Å². The Bertz CT molecular complexity index is 2320. The lowest BCUT2D eigenvalue weighted by Crippen LogP contribution is -1.99. The summed E-state index contributed by atoms with van der Waals surface area (Å²) in [4.78, 5) is 0. The summed E-state index contributed by atoms with van der Waals surface area (Å²) in [6, 6.07) is 27.5. The fourth-order valence-electron chi connectivity index (χ4n) is 7.56. The Balaban J connectivity index is 1.28. The lowest BCUT2D eigenvalue weighted by Gasteiger charge is -2.16. The number of methoxy groups -OCH3 is 9. The SMILES string of the molecule is COc1cc(CCc2cc(O)cc(Oc3cc(CCc4cc(OC)c(OC)c(OC)c4)cc(Oc4cc(O)cc(CCc5cc(OC)c(OC)c(OC)c5)c4)c3)c2)cc(OC)c1OC. The van der Waals surface area contributed by atoms with Crippen molar-refractivity contribution in [1.82, 2.24) is 0 Å². The van der Waals surface area contributed by atoms with Gasteiger partial charge >= 0.3 is 0 Å². The fourth-order valence-corrected chi connectivity index (χ4v) is 7.56. The van der Waals surface area contributed by atoms with Gasteiger partial charge < -0.3 is 62.3 Å². The van der Waals surface area contributed by atoms with Crippen molar-refractivity contribution < 1.29 is 62.3 Å². The van der Waals surface area contributed by atoms with Crippen LogP contribution in [0.3, 0.4) is 0 Å². The highest BCUT2D eigenvalue weighted by Gasteiger charge is 2.17. The Hall–Kier alpha value is -7.28. The predicted molar refractivity (Wildman–Crippen MR) is 243 cm³/mol. The first kappa shape index (κ1) is 46.2. The minimum absolute atomic E-state index is 0.0613. The van der Waals surface area contributed by atoms with E-state index < -0.39 is 0 Å². The maximum atomic E-state index is 10.9. The van der Waals surface area contributed by atoms with E-state index in [2.05, 4.69) is 0 Å². The van der Waals surface area contributed by atoms with E-state index in [9.17, 15) is 10.2 Å². The van der Waals surface area contributed by atoms with Crippen LogP contribution in [0.4, 0.5) is 0 Å². The molecule has 0 aromatic heterocycles. The van der Waals surface area contributed by atoms with E-state index in [1.165, 1.54) is 0 Å². The van der Waals surface area contributed by atoms with Crippen LogP contribution >= 0.6 is 0 Å². The first-order valence-corrected chi connectivity index (χ1v) is 20.6. The molecule has 0 saturated heterocycles. The van der Waals surface area contributed by atoms with Crippen LogP contribution in [0.5, 0.6) is 86.2 Å². The standard InChI is InChI=1S/C51H56O13/c1-54-43-22-34(23-44(55-2)49(43)60-7)13-10-31-16-37(52)28-39(18-31)63-41-20-33(12-15-36-26-47(58-5)51(62-9)48(27-36)59-6)21-42(30-41)64-40-19-32(17-38(53)29-40)11-14-35-24-45(56-3)50(61-8)46(25-35)57-4/h16-30,52-53H,10-15H2,1-9H3. The summed E-state index contributed by atoms with van der Waals surface area (Å²) < 4.78 is 62.9. The molecule has 0 unspecified atom stereocenters. The topological polar surface area (TPSA) is 142 Å². The molecular weight excluding hydrogens is 821 g/mol. The second-order valence-corrected chi connectivity index (χ2v) is 14.8. The largest absolute Gasteiger partial charge is 0.508 e. The van der Waals surface area contributed by atoms with Crippen molar-refractivity contribution in [3.63, 3.8) is 0 Å². The van der Waals surface area contributed by atoms with Gasteiger partial charge in [0.2, 0.25) is 17.2 Å². The number of ether oxygens (including phenoxy) is 11. The lowest BCUT2D eigenvalue weighted by molar-refractivity contribution is 0.324. The molecular formula is C51H56O13. The van der Waals surface area contributed by atoms with Crippen molar-refractivity contribution >= 4 is 0 Å². The smallest absolute Gasteiger partial charge is 0.203 e. The molecule has 2 N–H and O–H groups in total. The van der Waals surface area contributed by atoms with E-state index in [0.29, 0.717) is 113 Å². The third-order valence-corrected chi connectivity index (χ3v) is 10.6. The number of rotatable bonds is 22. The summed E-state index contributed by atoms with van der Waals surface area (Å²) in [7, 11) is 14.2. The molecule has 0 spiro atoms. The summed E-state index contributed by atoms with van der Waals surface area (Å²) in [5.41, 5.74) is 5.54. The van der Waals surface area contributed by atoms with Gasteiger partial charge in [-0.3, -0.25) is 0 Å². The number of phenolic OH excluding ortho intramolecular Hbond substituents is 2. The van der Waals surface area contributed by atoms with E-state index in [1.807, 2.05) is 60.7 Å². The molecule has 6 rings (SSSR count). The van der Waals surface area contributed by atoms with Crippen LogP contribution in [0.2, 0.25) is 0 Å². The van der Waals surface area contributed by atoms with E-state index in [1.54, 1.807) is 94.3 Å².